The van der Waals surface area contributed by atoms with Gasteiger partial charge in [-0.1, -0.05) is 13.0 Å². The van der Waals surface area contributed by atoms with E-state index in [1.54, 1.807) is 0 Å². The zero-order chi connectivity index (χ0) is 10.1. The number of benzene rings is 1. The van der Waals surface area contributed by atoms with Crippen LogP contribution in [0.4, 0.5) is 11.4 Å². The number of nitrogens with one attached hydrogen (secondary N) is 1. The summed E-state index contributed by atoms with van der Waals surface area (Å²) in [6.45, 7) is 4.17. The van der Waals surface area contributed by atoms with Crippen molar-refractivity contribution >= 4 is 11.4 Å². The molecule has 1 aromatic rings. The topological polar surface area (TPSA) is 41.3 Å². The SMILES string of the molecule is CCNC1CN(C)c2cc(N)ccc21. The van der Waals surface area contributed by atoms with Crippen molar-refractivity contribution < 1.29 is 0 Å². The van der Waals surface area contributed by atoms with Gasteiger partial charge in [-0.15, -0.1) is 0 Å². The summed E-state index contributed by atoms with van der Waals surface area (Å²) < 4.78 is 0. The van der Waals surface area contributed by atoms with Crippen molar-refractivity contribution in [3.8, 4) is 0 Å². The standard InChI is InChI=1S/C11H17N3/c1-3-13-10-7-14(2)11-6-8(12)4-5-9(10)11/h4-6,10,13H,3,7,12H2,1-2H3. The van der Waals surface area contributed by atoms with Crippen LogP contribution in [0, 0.1) is 0 Å². The van der Waals surface area contributed by atoms with Crippen molar-refractivity contribution in [1.29, 1.82) is 0 Å². The lowest BCUT2D eigenvalue weighted by Crippen LogP contribution is -2.25. The summed E-state index contributed by atoms with van der Waals surface area (Å²) in [7, 11) is 2.11. The number of nitrogens with zero attached hydrogens (tertiary/aromatic N) is 1. The van der Waals surface area contributed by atoms with Gasteiger partial charge in [-0.3, -0.25) is 0 Å². The lowest BCUT2D eigenvalue weighted by Gasteiger charge is -2.12. The van der Waals surface area contributed by atoms with Crippen molar-refractivity contribution in [2.24, 2.45) is 0 Å². The fourth-order valence-electron chi connectivity index (χ4n) is 2.08. The highest BCUT2D eigenvalue weighted by Gasteiger charge is 2.25. The Balaban J connectivity index is 2.34. The number of fused-ring (bicyclic) bond motifs is 1. The maximum Gasteiger partial charge on any atom is 0.0518 e. The van der Waals surface area contributed by atoms with Crippen molar-refractivity contribution in [3.05, 3.63) is 23.8 Å². The van der Waals surface area contributed by atoms with Gasteiger partial charge in [-0.25, -0.2) is 0 Å². The van der Waals surface area contributed by atoms with E-state index >= 15 is 0 Å². The van der Waals surface area contributed by atoms with Crippen molar-refractivity contribution in [1.82, 2.24) is 5.32 Å². The van der Waals surface area contributed by atoms with E-state index in [2.05, 4.69) is 30.3 Å². The van der Waals surface area contributed by atoms with Gasteiger partial charge in [0.05, 0.1) is 6.04 Å². The summed E-state index contributed by atoms with van der Waals surface area (Å²) in [4.78, 5) is 2.25. The first-order valence-electron chi connectivity index (χ1n) is 5.06. The van der Waals surface area contributed by atoms with Crippen LogP contribution in [0.3, 0.4) is 0 Å². The normalized spacial score (nSPS) is 19.9. The molecule has 76 valence electrons. The second kappa shape index (κ2) is 3.50. The van der Waals surface area contributed by atoms with Crippen LogP contribution in [-0.4, -0.2) is 20.1 Å². The smallest absolute Gasteiger partial charge is 0.0518 e. The summed E-state index contributed by atoms with van der Waals surface area (Å²) in [6.07, 6.45) is 0. The maximum absolute atomic E-state index is 5.77. The fraction of sp³-hybridized carbons (Fsp3) is 0.455. The van der Waals surface area contributed by atoms with Gasteiger partial charge in [0.15, 0.2) is 0 Å². The van der Waals surface area contributed by atoms with Crippen LogP contribution >= 0.6 is 0 Å². The largest absolute Gasteiger partial charge is 0.399 e. The summed E-state index contributed by atoms with van der Waals surface area (Å²) in [5.41, 5.74) is 9.23. The molecule has 2 rings (SSSR count). The van der Waals surface area contributed by atoms with E-state index < -0.39 is 0 Å². The minimum Gasteiger partial charge on any atom is -0.399 e. The number of hydrogen-bond donors (Lipinski definition) is 2. The predicted octanol–water partition coefficient (Wildman–Crippen LogP) is 1.37. The molecule has 3 N–H and O–H groups in total. The molecule has 1 atom stereocenters. The van der Waals surface area contributed by atoms with Crippen LogP contribution in [0.25, 0.3) is 0 Å². The Labute approximate surface area is 84.9 Å². The van der Waals surface area contributed by atoms with Crippen LogP contribution < -0.4 is 16.0 Å². The molecule has 0 aliphatic carbocycles. The minimum atomic E-state index is 0.459. The minimum absolute atomic E-state index is 0.459. The molecule has 0 bridgehead atoms. The molecular weight excluding hydrogens is 174 g/mol. The van der Waals surface area contributed by atoms with Crippen LogP contribution in [0.15, 0.2) is 18.2 Å². The second-order valence-electron chi connectivity index (χ2n) is 3.81. The van der Waals surface area contributed by atoms with Gasteiger partial charge in [0.25, 0.3) is 0 Å². The molecule has 1 aromatic carbocycles. The molecule has 14 heavy (non-hydrogen) atoms. The number of nitrogens with two attached hydrogens (primary N) is 1. The van der Waals surface area contributed by atoms with Gasteiger partial charge in [-0.2, -0.15) is 0 Å². The number of anilines is 2. The van der Waals surface area contributed by atoms with Crippen LogP contribution in [0.2, 0.25) is 0 Å². The lowest BCUT2D eigenvalue weighted by atomic mass is 10.1. The van der Waals surface area contributed by atoms with Gasteiger partial charge < -0.3 is 16.0 Å². The van der Waals surface area contributed by atoms with Gasteiger partial charge in [0.1, 0.15) is 0 Å². The second-order valence-corrected chi connectivity index (χ2v) is 3.81. The Kier molecular flexibility index (Phi) is 2.33. The highest BCUT2D eigenvalue weighted by molar-refractivity contribution is 5.65. The van der Waals surface area contributed by atoms with E-state index in [0.29, 0.717) is 6.04 Å². The van der Waals surface area contributed by atoms with E-state index in [0.717, 1.165) is 18.8 Å². The van der Waals surface area contributed by atoms with Crippen LogP contribution in [-0.2, 0) is 0 Å². The average Bonchev–Trinajstić information content (AvgIpc) is 2.44. The highest BCUT2D eigenvalue weighted by Crippen LogP contribution is 2.34. The van der Waals surface area contributed by atoms with Crippen LogP contribution in [0.5, 0.6) is 0 Å². The summed E-state index contributed by atoms with van der Waals surface area (Å²) in [5, 5.41) is 3.47. The van der Waals surface area contributed by atoms with E-state index in [9.17, 15) is 0 Å². The van der Waals surface area contributed by atoms with Crippen molar-refractivity contribution in [2.75, 3.05) is 30.8 Å². The third-order valence-electron chi connectivity index (χ3n) is 2.75. The molecule has 1 aliphatic heterocycles. The monoisotopic (exact) mass is 191 g/mol. The first-order valence-corrected chi connectivity index (χ1v) is 5.06. The van der Waals surface area contributed by atoms with E-state index in [1.165, 1.54) is 11.3 Å². The van der Waals surface area contributed by atoms with Crippen LogP contribution in [0.1, 0.15) is 18.5 Å². The molecule has 1 heterocycles. The molecule has 1 aliphatic rings. The third-order valence-corrected chi connectivity index (χ3v) is 2.75. The molecule has 0 fully saturated rings. The Morgan fingerprint density at radius 3 is 3.07 bits per heavy atom. The molecule has 3 heteroatoms. The number of rotatable bonds is 2. The Hall–Kier alpha value is -1.22. The Bertz CT molecular complexity index is 335. The Morgan fingerprint density at radius 1 is 1.57 bits per heavy atom. The van der Waals surface area contributed by atoms with Gasteiger partial charge >= 0.3 is 0 Å². The zero-order valence-electron chi connectivity index (χ0n) is 8.75. The molecule has 0 amide bonds. The summed E-state index contributed by atoms with van der Waals surface area (Å²) in [5.74, 6) is 0. The predicted molar refractivity (Wildman–Crippen MR) is 60.5 cm³/mol. The van der Waals surface area contributed by atoms with Crippen molar-refractivity contribution in [3.63, 3.8) is 0 Å². The van der Waals surface area contributed by atoms with Gasteiger partial charge in [0.2, 0.25) is 0 Å². The number of likely N-dealkylation sites (N-methyl/N-ethyl adjacent to an activating group) is 2. The maximum atomic E-state index is 5.77. The summed E-state index contributed by atoms with van der Waals surface area (Å²) in [6, 6.07) is 6.61. The number of nitrogen functional groups attached to an aromatic ring is 1. The van der Waals surface area contributed by atoms with E-state index in [1.807, 2.05) is 12.1 Å². The number of hydrogen-bond acceptors (Lipinski definition) is 3. The first kappa shape index (κ1) is 9.34. The molecule has 0 spiro atoms. The molecule has 0 saturated carbocycles. The fourth-order valence-corrected chi connectivity index (χ4v) is 2.08. The van der Waals surface area contributed by atoms with E-state index in [4.69, 9.17) is 5.73 Å². The molecule has 3 nitrogen and oxygen atoms in total. The third kappa shape index (κ3) is 1.44. The van der Waals surface area contributed by atoms with Crippen molar-refractivity contribution in [2.45, 2.75) is 13.0 Å². The summed E-state index contributed by atoms with van der Waals surface area (Å²) >= 11 is 0. The zero-order valence-corrected chi connectivity index (χ0v) is 8.75. The van der Waals surface area contributed by atoms with Gasteiger partial charge in [-0.05, 0) is 24.2 Å². The quantitative estimate of drug-likeness (QED) is 0.694. The average molecular weight is 191 g/mol. The van der Waals surface area contributed by atoms with Gasteiger partial charge in [0, 0.05) is 25.0 Å². The molecule has 1 unspecified atom stereocenters. The molecule has 0 aromatic heterocycles. The molecular formula is C11H17N3. The molecule has 0 radical (unpaired) electrons. The van der Waals surface area contributed by atoms with E-state index in [-0.39, 0.29) is 0 Å². The Morgan fingerprint density at radius 2 is 2.36 bits per heavy atom. The first-order chi connectivity index (χ1) is 6.72. The lowest BCUT2D eigenvalue weighted by molar-refractivity contribution is 0.579. The highest BCUT2D eigenvalue weighted by atomic mass is 15.2. The molecule has 0 saturated heterocycles.